The summed E-state index contributed by atoms with van der Waals surface area (Å²) in [5.41, 5.74) is 0.316. The number of nitriles is 2. The van der Waals surface area contributed by atoms with Crippen LogP contribution in [-0.4, -0.2) is 51.6 Å². The Bertz CT molecular complexity index is 447. The summed E-state index contributed by atoms with van der Waals surface area (Å²) in [4.78, 5) is 1.82. The number of morpholine rings is 1. The highest BCUT2D eigenvalue weighted by Gasteiger charge is 2.29. The molecule has 104 valence electrons. The maximum absolute atomic E-state index is 12.2. The largest absolute Gasteiger partial charge is 0.378 e. The van der Waals surface area contributed by atoms with Gasteiger partial charge in [-0.1, -0.05) is 0 Å². The number of rotatable bonds is 5. The van der Waals surface area contributed by atoms with Gasteiger partial charge in [-0.25, -0.2) is 0 Å². The molecule has 1 fully saturated rings. The van der Waals surface area contributed by atoms with Crippen LogP contribution in [0, 0.1) is 22.7 Å². The van der Waals surface area contributed by atoms with Crippen LogP contribution < -0.4 is 0 Å². The predicted molar refractivity (Wildman–Crippen MR) is 67.1 cm³/mol. The lowest BCUT2D eigenvalue weighted by atomic mass is 10.2. The zero-order chi connectivity index (χ0) is 14.3. The van der Waals surface area contributed by atoms with Gasteiger partial charge in [-0.3, -0.25) is 4.57 Å². The van der Waals surface area contributed by atoms with Crippen molar-refractivity contribution in [3.63, 3.8) is 0 Å². The summed E-state index contributed by atoms with van der Waals surface area (Å²) in [7, 11) is -0.772. The van der Waals surface area contributed by atoms with Gasteiger partial charge in [0.2, 0.25) is 0 Å². The number of hydrogen-bond acceptors (Lipinski definition) is 7. The van der Waals surface area contributed by atoms with E-state index < -0.39 is 7.60 Å². The summed E-state index contributed by atoms with van der Waals surface area (Å²) in [6.45, 7) is 2.07. The third kappa shape index (κ3) is 4.05. The number of hydrogen-bond donors (Lipinski definition) is 0. The van der Waals surface area contributed by atoms with Gasteiger partial charge in [0, 0.05) is 27.3 Å². The average molecular weight is 285 g/mol. The molecule has 1 heterocycles. The molecule has 0 bridgehead atoms. The molecule has 8 heteroatoms. The minimum absolute atomic E-state index is 0.0729. The van der Waals surface area contributed by atoms with E-state index in [1.54, 1.807) is 0 Å². The van der Waals surface area contributed by atoms with Crippen LogP contribution in [0.5, 0.6) is 0 Å². The second kappa shape index (κ2) is 7.28. The number of ether oxygens (including phenoxy) is 1. The van der Waals surface area contributed by atoms with E-state index >= 15 is 0 Å². The van der Waals surface area contributed by atoms with Crippen molar-refractivity contribution in [2.24, 2.45) is 0 Å². The molecule has 0 saturated carbocycles. The summed E-state index contributed by atoms with van der Waals surface area (Å²) in [5.74, 6) is 0. The Hall–Kier alpha value is -1.37. The zero-order valence-electron chi connectivity index (χ0n) is 11.0. The molecule has 0 aromatic rings. The Kier molecular flexibility index (Phi) is 6.01. The van der Waals surface area contributed by atoms with Crippen LogP contribution in [0.4, 0.5) is 0 Å². The third-order valence-electron chi connectivity index (χ3n) is 2.80. The highest BCUT2D eigenvalue weighted by molar-refractivity contribution is 7.54. The zero-order valence-corrected chi connectivity index (χ0v) is 11.9. The van der Waals surface area contributed by atoms with Gasteiger partial charge in [-0.2, -0.15) is 10.5 Å². The van der Waals surface area contributed by atoms with Gasteiger partial charge in [-0.15, -0.1) is 0 Å². The van der Waals surface area contributed by atoms with Gasteiger partial charge in [0.25, 0.3) is 0 Å². The van der Waals surface area contributed by atoms with Gasteiger partial charge in [0.05, 0.1) is 25.1 Å². The van der Waals surface area contributed by atoms with Crippen LogP contribution in [0.3, 0.4) is 0 Å². The Morgan fingerprint density at radius 1 is 1.26 bits per heavy atom. The molecule has 7 nitrogen and oxygen atoms in total. The Balaban J connectivity index is 3.07. The minimum Gasteiger partial charge on any atom is -0.378 e. The molecule has 0 amide bonds. The smallest absolute Gasteiger partial charge is 0.336 e. The van der Waals surface area contributed by atoms with Gasteiger partial charge >= 0.3 is 7.60 Å². The minimum atomic E-state index is -3.33. The van der Waals surface area contributed by atoms with Crippen molar-refractivity contribution in [1.29, 1.82) is 10.5 Å². The van der Waals surface area contributed by atoms with Crippen molar-refractivity contribution >= 4 is 7.60 Å². The molecule has 0 spiro atoms. The van der Waals surface area contributed by atoms with Crippen molar-refractivity contribution in [2.75, 3.05) is 46.7 Å². The summed E-state index contributed by atoms with van der Waals surface area (Å²) in [6, 6.07) is 3.65. The van der Waals surface area contributed by atoms with E-state index in [0.717, 1.165) is 0 Å². The average Bonchev–Trinajstić information content (AvgIpc) is 2.48. The molecule has 0 unspecified atom stereocenters. The fourth-order valence-electron chi connectivity index (χ4n) is 1.71. The van der Waals surface area contributed by atoms with E-state index in [9.17, 15) is 4.57 Å². The van der Waals surface area contributed by atoms with Crippen molar-refractivity contribution in [3.05, 3.63) is 11.3 Å². The first-order chi connectivity index (χ1) is 9.10. The van der Waals surface area contributed by atoms with Gasteiger partial charge < -0.3 is 18.7 Å². The highest BCUT2D eigenvalue weighted by Crippen LogP contribution is 2.48. The van der Waals surface area contributed by atoms with Crippen molar-refractivity contribution < 1.29 is 18.3 Å². The van der Waals surface area contributed by atoms with Crippen LogP contribution in [0.15, 0.2) is 11.3 Å². The summed E-state index contributed by atoms with van der Waals surface area (Å²) in [5, 5.41) is 18.0. The standard InChI is InChI=1S/C11H16N3O4P/c1-16-19(15,17-2)9-11(10(7-12)8-13)14-3-5-18-6-4-14/h3-6,9H2,1-2H3. The van der Waals surface area contributed by atoms with Crippen LogP contribution in [0.2, 0.25) is 0 Å². The van der Waals surface area contributed by atoms with E-state index in [1.807, 2.05) is 17.0 Å². The maximum Gasteiger partial charge on any atom is 0.336 e. The third-order valence-corrected chi connectivity index (χ3v) is 4.60. The highest BCUT2D eigenvalue weighted by atomic mass is 31.2. The van der Waals surface area contributed by atoms with Crippen LogP contribution in [0.1, 0.15) is 0 Å². The Morgan fingerprint density at radius 3 is 2.21 bits per heavy atom. The van der Waals surface area contributed by atoms with Gasteiger partial charge in [0.1, 0.15) is 17.7 Å². The van der Waals surface area contributed by atoms with Crippen LogP contribution >= 0.6 is 7.60 Å². The number of nitrogens with zero attached hydrogens (tertiary/aromatic N) is 3. The SMILES string of the molecule is COP(=O)(CC(=C(C#N)C#N)N1CCOCC1)OC. The molecule has 0 aliphatic carbocycles. The van der Waals surface area contributed by atoms with E-state index in [2.05, 4.69) is 0 Å². The van der Waals surface area contributed by atoms with E-state index in [4.69, 9.17) is 24.3 Å². The summed E-state index contributed by atoms with van der Waals surface area (Å²) >= 11 is 0. The van der Waals surface area contributed by atoms with Crippen molar-refractivity contribution in [1.82, 2.24) is 4.90 Å². The van der Waals surface area contributed by atoms with E-state index in [-0.39, 0.29) is 11.7 Å². The first kappa shape index (κ1) is 15.7. The molecular weight excluding hydrogens is 269 g/mol. The fraction of sp³-hybridized carbons (Fsp3) is 0.636. The summed E-state index contributed by atoms with van der Waals surface area (Å²) in [6.07, 6.45) is -0.101. The van der Waals surface area contributed by atoms with Crippen LogP contribution in [-0.2, 0) is 18.3 Å². The molecule has 1 aliphatic rings. The first-order valence-corrected chi connectivity index (χ1v) is 7.39. The van der Waals surface area contributed by atoms with Gasteiger partial charge in [0.15, 0.2) is 0 Å². The molecule has 0 radical (unpaired) electrons. The van der Waals surface area contributed by atoms with Crippen molar-refractivity contribution in [2.45, 2.75) is 0 Å². The molecular formula is C11H16N3O4P. The van der Waals surface area contributed by atoms with E-state index in [1.165, 1.54) is 14.2 Å². The normalized spacial score (nSPS) is 15.5. The summed E-state index contributed by atoms with van der Waals surface area (Å²) < 4.78 is 27.1. The molecule has 1 aliphatic heterocycles. The number of allylic oxidation sites excluding steroid dienone is 2. The second-order valence-electron chi connectivity index (χ2n) is 3.78. The monoisotopic (exact) mass is 285 g/mol. The molecule has 19 heavy (non-hydrogen) atoms. The lowest BCUT2D eigenvalue weighted by Gasteiger charge is -2.32. The molecule has 1 saturated heterocycles. The Morgan fingerprint density at radius 2 is 1.79 bits per heavy atom. The first-order valence-electron chi connectivity index (χ1n) is 5.66. The lowest BCUT2D eigenvalue weighted by molar-refractivity contribution is 0.0533. The molecule has 1 rings (SSSR count). The predicted octanol–water partition coefficient (Wildman–Crippen LogP) is 1.11. The molecule has 0 atom stereocenters. The van der Waals surface area contributed by atoms with Crippen molar-refractivity contribution in [3.8, 4) is 12.1 Å². The second-order valence-corrected chi connectivity index (χ2v) is 6.05. The molecule has 0 aromatic carbocycles. The Labute approximate surface area is 112 Å². The lowest BCUT2D eigenvalue weighted by Crippen LogP contribution is -2.37. The maximum atomic E-state index is 12.2. The molecule has 0 N–H and O–H groups in total. The molecule has 0 aromatic heterocycles. The van der Waals surface area contributed by atoms with Gasteiger partial charge in [-0.05, 0) is 0 Å². The van der Waals surface area contributed by atoms with Crippen LogP contribution in [0.25, 0.3) is 0 Å². The topological polar surface area (TPSA) is 95.6 Å². The fourth-order valence-corrected chi connectivity index (χ4v) is 2.84. The van der Waals surface area contributed by atoms with E-state index in [0.29, 0.717) is 32.0 Å². The quantitative estimate of drug-likeness (QED) is 0.551.